The number of hydrogen-bond acceptors (Lipinski definition) is 4. The molecule has 1 saturated heterocycles. The summed E-state index contributed by atoms with van der Waals surface area (Å²) in [5.41, 5.74) is 0.814. The fourth-order valence-corrected chi connectivity index (χ4v) is 2.69. The number of amides is 2. The zero-order valence-electron chi connectivity index (χ0n) is 14.0. The fraction of sp³-hybridized carbons (Fsp3) is 0.412. The van der Waals surface area contributed by atoms with Crippen LogP contribution in [0, 0.1) is 13.8 Å². The van der Waals surface area contributed by atoms with Gasteiger partial charge in [0.25, 0.3) is 5.56 Å². The number of furan rings is 1. The summed E-state index contributed by atoms with van der Waals surface area (Å²) in [7, 11) is 1.65. The first kappa shape index (κ1) is 16.3. The van der Waals surface area contributed by atoms with Crippen molar-refractivity contribution >= 4 is 11.7 Å². The Morgan fingerprint density at radius 3 is 2.79 bits per heavy atom. The molecule has 2 aromatic heterocycles. The molecule has 1 N–H and O–H groups in total. The van der Waals surface area contributed by atoms with Crippen LogP contribution in [0.2, 0.25) is 0 Å². The number of pyridine rings is 1. The summed E-state index contributed by atoms with van der Waals surface area (Å²) in [5, 5.41) is 2.73. The number of urea groups is 1. The van der Waals surface area contributed by atoms with E-state index in [2.05, 4.69) is 5.32 Å². The van der Waals surface area contributed by atoms with Crippen molar-refractivity contribution in [2.45, 2.75) is 20.0 Å². The number of nitrogens with one attached hydrogen (secondary N) is 1. The molecule has 2 amide bonds. The number of morpholine rings is 1. The van der Waals surface area contributed by atoms with Gasteiger partial charge in [-0.25, -0.2) is 4.79 Å². The third kappa shape index (κ3) is 3.21. The van der Waals surface area contributed by atoms with Crippen LogP contribution in [0.5, 0.6) is 0 Å². The lowest BCUT2D eigenvalue weighted by Gasteiger charge is -2.32. The predicted molar refractivity (Wildman–Crippen MR) is 89.1 cm³/mol. The topological polar surface area (TPSA) is 76.7 Å². The number of ether oxygens (including phenoxy) is 1. The highest BCUT2D eigenvalue weighted by Crippen LogP contribution is 2.24. The van der Waals surface area contributed by atoms with Gasteiger partial charge in [0.05, 0.1) is 13.2 Å². The quantitative estimate of drug-likeness (QED) is 0.915. The molecular formula is C17H21N3O4. The maximum absolute atomic E-state index is 12.5. The maximum Gasteiger partial charge on any atom is 0.322 e. The van der Waals surface area contributed by atoms with Gasteiger partial charge < -0.3 is 23.9 Å². The molecule has 7 nitrogen and oxygen atoms in total. The summed E-state index contributed by atoms with van der Waals surface area (Å²) < 4.78 is 12.7. The molecule has 0 radical (unpaired) electrons. The van der Waals surface area contributed by atoms with Crippen LogP contribution in [0.4, 0.5) is 10.5 Å². The third-order valence-electron chi connectivity index (χ3n) is 4.14. The van der Waals surface area contributed by atoms with Gasteiger partial charge in [-0.2, -0.15) is 0 Å². The Kier molecular flexibility index (Phi) is 4.44. The van der Waals surface area contributed by atoms with E-state index in [1.807, 2.05) is 19.1 Å². The van der Waals surface area contributed by atoms with E-state index in [1.54, 1.807) is 31.1 Å². The van der Waals surface area contributed by atoms with Crippen molar-refractivity contribution in [1.82, 2.24) is 9.47 Å². The van der Waals surface area contributed by atoms with Gasteiger partial charge in [0, 0.05) is 19.8 Å². The van der Waals surface area contributed by atoms with Crippen LogP contribution < -0.4 is 10.9 Å². The van der Waals surface area contributed by atoms with Crippen LogP contribution in [0.25, 0.3) is 0 Å². The summed E-state index contributed by atoms with van der Waals surface area (Å²) in [6, 6.07) is 5.22. The van der Waals surface area contributed by atoms with Gasteiger partial charge in [-0.15, -0.1) is 0 Å². The standard InChI is InChI=1S/C17H21N3O4/c1-11-6-7-19(3)16(21)15(11)18-17(22)20-8-9-23-14(10-20)13-5-4-12(2)24-13/h4-7,14H,8-10H2,1-3H3,(H,18,22)/t14-/m1/s1. The Morgan fingerprint density at radius 2 is 2.08 bits per heavy atom. The molecular weight excluding hydrogens is 310 g/mol. The minimum Gasteiger partial charge on any atom is -0.464 e. The molecule has 1 aliphatic rings. The molecule has 24 heavy (non-hydrogen) atoms. The first-order valence-electron chi connectivity index (χ1n) is 7.86. The number of hydrogen-bond donors (Lipinski definition) is 1. The molecule has 7 heteroatoms. The highest BCUT2D eigenvalue weighted by atomic mass is 16.5. The molecule has 0 saturated carbocycles. The lowest BCUT2D eigenvalue weighted by Crippen LogP contribution is -2.45. The monoisotopic (exact) mass is 331 g/mol. The molecule has 0 spiro atoms. The van der Waals surface area contributed by atoms with Gasteiger partial charge in [-0.05, 0) is 37.6 Å². The normalized spacial score (nSPS) is 17.8. The molecule has 0 unspecified atom stereocenters. The summed E-state index contributed by atoms with van der Waals surface area (Å²) in [6.45, 7) is 4.93. The van der Waals surface area contributed by atoms with Gasteiger partial charge in [0.1, 0.15) is 23.3 Å². The molecule has 3 rings (SSSR count). The molecule has 1 atom stereocenters. The molecule has 2 aromatic rings. The second-order valence-corrected chi connectivity index (χ2v) is 5.97. The predicted octanol–water partition coefficient (Wildman–Crippen LogP) is 2.20. The van der Waals surface area contributed by atoms with Crippen molar-refractivity contribution < 1.29 is 13.9 Å². The molecule has 0 aliphatic carbocycles. The Bertz CT molecular complexity index is 808. The van der Waals surface area contributed by atoms with Gasteiger partial charge in [-0.3, -0.25) is 4.79 Å². The number of aryl methyl sites for hydroxylation is 3. The summed E-state index contributed by atoms with van der Waals surface area (Å²) >= 11 is 0. The minimum absolute atomic E-state index is 0.227. The molecule has 0 bridgehead atoms. The fourth-order valence-electron chi connectivity index (χ4n) is 2.69. The van der Waals surface area contributed by atoms with Crippen LogP contribution in [0.3, 0.4) is 0 Å². The van der Waals surface area contributed by atoms with E-state index < -0.39 is 0 Å². The molecule has 0 aromatic carbocycles. The Morgan fingerprint density at radius 1 is 1.29 bits per heavy atom. The van der Waals surface area contributed by atoms with E-state index in [-0.39, 0.29) is 17.7 Å². The average molecular weight is 331 g/mol. The van der Waals surface area contributed by atoms with Gasteiger partial charge in [-0.1, -0.05) is 0 Å². The van der Waals surface area contributed by atoms with Crippen molar-refractivity contribution in [2.24, 2.45) is 7.05 Å². The molecule has 1 fully saturated rings. The largest absolute Gasteiger partial charge is 0.464 e. The minimum atomic E-state index is -0.307. The van der Waals surface area contributed by atoms with Crippen molar-refractivity contribution in [3.05, 3.63) is 51.8 Å². The second kappa shape index (κ2) is 6.52. The van der Waals surface area contributed by atoms with Crippen molar-refractivity contribution in [3.8, 4) is 0 Å². The van der Waals surface area contributed by atoms with Crippen LogP contribution in [-0.4, -0.2) is 35.2 Å². The van der Waals surface area contributed by atoms with E-state index in [9.17, 15) is 9.59 Å². The Labute approximate surface area is 139 Å². The zero-order valence-corrected chi connectivity index (χ0v) is 14.0. The number of carbonyl (C=O) groups is 1. The van der Waals surface area contributed by atoms with Crippen LogP contribution in [-0.2, 0) is 11.8 Å². The van der Waals surface area contributed by atoms with Crippen LogP contribution in [0.1, 0.15) is 23.2 Å². The molecule has 3 heterocycles. The smallest absolute Gasteiger partial charge is 0.322 e. The van der Waals surface area contributed by atoms with Crippen molar-refractivity contribution in [2.75, 3.05) is 25.0 Å². The average Bonchev–Trinajstić information content (AvgIpc) is 3.01. The first-order valence-corrected chi connectivity index (χ1v) is 7.86. The van der Waals surface area contributed by atoms with Crippen LogP contribution >= 0.6 is 0 Å². The number of rotatable bonds is 2. The van der Waals surface area contributed by atoms with E-state index in [4.69, 9.17) is 9.15 Å². The van der Waals surface area contributed by atoms with E-state index >= 15 is 0 Å². The number of anilines is 1. The Hall–Kier alpha value is -2.54. The van der Waals surface area contributed by atoms with E-state index in [0.717, 1.165) is 11.3 Å². The molecule has 128 valence electrons. The lowest BCUT2D eigenvalue weighted by molar-refractivity contribution is -0.0246. The third-order valence-corrected chi connectivity index (χ3v) is 4.14. The summed E-state index contributed by atoms with van der Waals surface area (Å²) in [5.74, 6) is 1.51. The van der Waals surface area contributed by atoms with E-state index in [0.29, 0.717) is 31.1 Å². The van der Waals surface area contributed by atoms with Crippen molar-refractivity contribution in [1.29, 1.82) is 0 Å². The zero-order chi connectivity index (χ0) is 17.3. The lowest BCUT2D eigenvalue weighted by atomic mass is 10.2. The maximum atomic E-state index is 12.5. The first-order chi connectivity index (χ1) is 11.5. The second-order valence-electron chi connectivity index (χ2n) is 5.97. The summed E-state index contributed by atoms with van der Waals surface area (Å²) in [4.78, 5) is 26.4. The SMILES string of the molecule is Cc1ccc([C@H]2CN(C(=O)Nc3c(C)ccn(C)c3=O)CCO2)o1. The highest BCUT2D eigenvalue weighted by molar-refractivity contribution is 5.90. The molecule has 1 aliphatic heterocycles. The number of carbonyl (C=O) groups excluding carboxylic acids is 1. The van der Waals surface area contributed by atoms with Gasteiger partial charge in [0.15, 0.2) is 0 Å². The summed E-state index contributed by atoms with van der Waals surface area (Å²) in [6.07, 6.45) is 1.38. The van der Waals surface area contributed by atoms with E-state index in [1.165, 1.54) is 4.57 Å². The Balaban J connectivity index is 1.73. The number of nitrogens with zero attached hydrogens (tertiary/aromatic N) is 2. The van der Waals surface area contributed by atoms with Crippen molar-refractivity contribution in [3.63, 3.8) is 0 Å². The highest BCUT2D eigenvalue weighted by Gasteiger charge is 2.28. The van der Waals surface area contributed by atoms with Gasteiger partial charge in [0.2, 0.25) is 0 Å². The number of aromatic nitrogens is 1. The van der Waals surface area contributed by atoms with Gasteiger partial charge >= 0.3 is 6.03 Å². The van der Waals surface area contributed by atoms with Crippen LogP contribution in [0.15, 0.2) is 33.6 Å².